The maximum absolute atomic E-state index is 6.12. The van der Waals surface area contributed by atoms with E-state index in [9.17, 15) is 0 Å². The van der Waals surface area contributed by atoms with Crippen molar-refractivity contribution < 1.29 is 9.47 Å². The van der Waals surface area contributed by atoms with Crippen molar-refractivity contribution in [2.75, 3.05) is 14.2 Å². The van der Waals surface area contributed by atoms with Gasteiger partial charge in [0.15, 0.2) is 11.5 Å². The molecule has 1 aromatic rings. The van der Waals surface area contributed by atoms with Crippen molar-refractivity contribution in [1.82, 2.24) is 0 Å². The Morgan fingerprint density at radius 3 is 2.18 bits per heavy atom. The molecule has 1 aromatic carbocycles. The van der Waals surface area contributed by atoms with Crippen LogP contribution in [-0.2, 0) is 6.42 Å². The molecule has 0 heterocycles. The number of methoxy groups -OCH3 is 2. The molecule has 0 unspecified atom stereocenters. The highest BCUT2D eigenvalue weighted by atomic mass is 35.5. The largest absolute Gasteiger partial charge is 0.493 e. The topological polar surface area (TPSA) is 44.5 Å². The predicted molar refractivity (Wildman–Crippen MR) is 71.3 cm³/mol. The van der Waals surface area contributed by atoms with Gasteiger partial charge in [-0.1, -0.05) is 11.6 Å². The average molecular weight is 258 g/mol. The number of ether oxygens (including phenoxy) is 2. The van der Waals surface area contributed by atoms with Crippen LogP contribution in [0.4, 0.5) is 0 Å². The lowest BCUT2D eigenvalue weighted by Crippen LogP contribution is -2.34. The van der Waals surface area contributed by atoms with E-state index in [0.29, 0.717) is 22.9 Å². The predicted octanol–water partition coefficient (Wildman–Crippen LogP) is 2.95. The molecule has 0 saturated carbocycles. The van der Waals surface area contributed by atoms with Crippen LogP contribution in [0.15, 0.2) is 6.07 Å². The van der Waals surface area contributed by atoms with Gasteiger partial charge in [0.1, 0.15) is 0 Å². The molecule has 0 radical (unpaired) electrons. The quantitative estimate of drug-likeness (QED) is 0.902. The van der Waals surface area contributed by atoms with Crippen LogP contribution >= 0.6 is 11.6 Å². The summed E-state index contributed by atoms with van der Waals surface area (Å²) in [6.07, 6.45) is 0.704. The van der Waals surface area contributed by atoms with Gasteiger partial charge in [0, 0.05) is 11.1 Å². The highest BCUT2D eigenvalue weighted by molar-refractivity contribution is 6.32. The van der Waals surface area contributed by atoms with Gasteiger partial charge in [-0.25, -0.2) is 0 Å². The molecule has 0 spiro atoms. The minimum absolute atomic E-state index is 0.309. The standard InChI is InChI=1S/C13H20ClNO2/c1-8-6-10(14)12(17-5)11(16-4)9(8)7-13(2,3)15/h6H,7,15H2,1-5H3. The van der Waals surface area contributed by atoms with Crippen LogP contribution in [-0.4, -0.2) is 19.8 Å². The monoisotopic (exact) mass is 257 g/mol. The second-order valence-electron chi connectivity index (χ2n) is 4.89. The molecule has 0 aliphatic rings. The third-order valence-corrected chi connectivity index (χ3v) is 2.84. The molecule has 0 saturated heterocycles. The summed E-state index contributed by atoms with van der Waals surface area (Å²) in [5.74, 6) is 1.25. The fraction of sp³-hybridized carbons (Fsp3) is 0.538. The van der Waals surface area contributed by atoms with Gasteiger partial charge in [-0.2, -0.15) is 0 Å². The van der Waals surface area contributed by atoms with Crippen molar-refractivity contribution in [3.05, 3.63) is 22.2 Å². The number of benzene rings is 1. The van der Waals surface area contributed by atoms with E-state index in [4.69, 9.17) is 26.8 Å². The molecular weight excluding hydrogens is 238 g/mol. The summed E-state index contributed by atoms with van der Waals surface area (Å²) in [5.41, 5.74) is 7.86. The molecule has 0 aromatic heterocycles. The van der Waals surface area contributed by atoms with Crippen molar-refractivity contribution in [2.45, 2.75) is 32.7 Å². The van der Waals surface area contributed by atoms with E-state index in [1.807, 2.05) is 26.8 Å². The summed E-state index contributed by atoms with van der Waals surface area (Å²) < 4.78 is 10.7. The SMILES string of the molecule is COc1c(Cl)cc(C)c(CC(C)(C)N)c1OC. The first-order valence-corrected chi connectivity index (χ1v) is 5.86. The molecule has 3 nitrogen and oxygen atoms in total. The number of halogens is 1. The zero-order valence-electron chi connectivity index (χ0n) is 11.1. The van der Waals surface area contributed by atoms with Crippen LogP contribution in [0.3, 0.4) is 0 Å². The number of nitrogens with two attached hydrogens (primary N) is 1. The molecule has 96 valence electrons. The molecule has 0 fully saturated rings. The first kappa shape index (κ1) is 14.1. The normalized spacial score (nSPS) is 11.5. The van der Waals surface area contributed by atoms with Crippen LogP contribution in [0.25, 0.3) is 0 Å². The van der Waals surface area contributed by atoms with E-state index in [0.717, 1.165) is 11.1 Å². The van der Waals surface area contributed by atoms with Gasteiger partial charge in [-0.3, -0.25) is 0 Å². The summed E-state index contributed by atoms with van der Waals surface area (Å²) in [6.45, 7) is 5.95. The number of hydrogen-bond acceptors (Lipinski definition) is 3. The smallest absolute Gasteiger partial charge is 0.179 e. The summed E-state index contributed by atoms with van der Waals surface area (Å²) in [6, 6.07) is 1.88. The van der Waals surface area contributed by atoms with Crippen molar-refractivity contribution in [3.63, 3.8) is 0 Å². The van der Waals surface area contributed by atoms with Crippen LogP contribution in [0.1, 0.15) is 25.0 Å². The molecule has 4 heteroatoms. The lowest BCUT2D eigenvalue weighted by molar-refractivity contribution is 0.348. The van der Waals surface area contributed by atoms with Gasteiger partial charge in [0.25, 0.3) is 0 Å². The van der Waals surface area contributed by atoms with Gasteiger partial charge >= 0.3 is 0 Å². The van der Waals surface area contributed by atoms with Crippen molar-refractivity contribution in [1.29, 1.82) is 0 Å². The third kappa shape index (κ3) is 3.27. The zero-order chi connectivity index (χ0) is 13.2. The summed E-state index contributed by atoms with van der Waals surface area (Å²) in [5, 5.41) is 0.556. The zero-order valence-corrected chi connectivity index (χ0v) is 11.8. The third-order valence-electron chi connectivity index (χ3n) is 2.56. The van der Waals surface area contributed by atoms with Gasteiger partial charge in [-0.05, 0) is 38.8 Å². The molecule has 0 bridgehead atoms. The first-order valence-electron chi connectivity index (χ1n) is 5.49. The highest BCUT2D eigenvalue weighted by Crippen LogP contribution is 2.40. The fourth-order valence-corrected chi connectivity index (χ4v) is 2.18. The molecule has 0 aliphatic heterocycles. The Labute approximate surface area is 108 Å². The Balaban J connectivity index is 3.37. The second kappa shape index (κ2) is 5.15. The van der Waals surface area contributed by atoms with E-state index < -0.39 is 0 Å². The highest BCUT2D eigenvalue weighted by Gasteiger charge is 2.21. The Morgan fingerprint density at radius 1 is 1.24 bits per heavy atom. The average Bonchev–Trinajstić information content (AvgIpc) is 2.19. The number of hydrogen-bond donors (Lipinski definition) is 1. The Kier molecular flexibility index (Phi) is 4.28. The number of aryl methyl sites for hydroxylation is 1. The van der Waals surface area contributed by atoms with E-state index in [1.165, 1.54) is 0 Å². The summed E-state index contributed by atoms with van der Waals surface area (Å²) in [7, 11) is 3.19. The van der Waals surface area contributed by atoms with Crippen LogP contribution < -0.4 is 15.2 Å². The minimum atomic E-state index is -0.309. The van der Waals surface area contributed by atoms with E-state index in [1.54, 1.807) is 14.2 Å². The molecular formula is C13H20ClNO2. The molecule has 1 rings (SSSR count). The Morgan fingerprint density at radius 2 is 1.76 bits per heavy atom. The fourth-order valence-electron chi connectivity index (χ4n) is 1.85. The Bertz CT molecular complexity index is 411. The lowest BCUT2D eigenvalue weighted by Gasteiger charge is -2.23. The van der Waals surface area contributed by atoms with E-state index >= 15 is 0 Å². The van der Waals surface area contributed by atoms with E-state index in [2.05, 4.69) is 0 Å². The van der Waals surface area contributed by atoms with Crippen molar-refractivity contribution in [3.8, 4) is 11.5 Å². The van der Waals surface area contributed by atoms with Gasteiger partial charge < -0.3 is 15.2 Å². The van der Waals surface area contributed by atoms with Crippen LogP contribution in [0.5, 0.6) is 11.5 Å². The first-order chi connectivity index (χ1) is 7.80. The summed E-state index contributed by atoms with van der Waals surface area (Å²) >= 11 is 6.12. The van der Waals surface area contributed by atoms with Gasteiger partial charge in [0.05, 0.1) is 19.2 Å². The Hall–Kier alpha value is -0.930. The van der Waals surface area contributed by atoms with Crippen molar-refractivity contribution in [2.24, 2.45) is 5.73 Å². The maximum Gasteiger partial charge on any atom is 0.179 e. The van der Waals surface area contributed by atoms with Crippen molar-refractivity contribution >= 4 is 11.6 Å². The van der Waals surface area contributed by atoms with Crippen LogP contribution in [0, 0.1) is 6.92 Å². The maximum atomic E-state index is 6.12. The van der Waals surface area contributed by atoms with Gasteiger partial charge in [0.2, 0.25) is 0 Å². The molecule has 0 amide bonds. The lowest BCUT2D eigenvalue weighted by atomic mass is 9.92. The molecule has 2 N–H and O–H groups in total. The molecule has 0 atom stereocenters. The number of rotatable bonds is 4. The van der Waals surface area contributed by atoms with Crippen LogP contribution in [0.2, 0.25) is 5.02 Å². The molecule has 0 aliphatic carbocycles. The van der Waals surface area contributed by atoms with E-state index in [-0.39, 0.29) is 5.54 Å². The summed E-state index contributed by atoms with van der Waals surface area (Å²) in [4.78, 5) is 0. The molecule has 17 heavy (non-hydrogen) atoms. The van der Waals surface area contributed by atoms with Gasteiger partial charge in [-0.15, -0.1) is 0 Å². The minimum Gasteiger partial charge on any atom is -0.493 e. The second-order valence-corrected chi connectivity index (χ2v) is 5.29.